The van der Waals surface area contributed by atoms with E-state index in [9.17, 15) is 13.2 Å². The van der Waals surface area contributed by atoms with Gasteiger partial charge < -0.3 is 5.32 Å². The lowest BCUT2D eigenvalue weighted by atomic mass is 10.2. The summed E-state index contributed by atoms with van der Waals surface area (Å²) in [5.41, 5.74) is 2.06. The van der Waals surface area contributed by atoms with Crippen LogP contribution in [0.4, 0.5) is 5.69 Å². The zero-order valence-electron chi connectivity index (χ0n) is 16.0. The summed E-state index contributed by atoms with van der Waals surface area (Å²) in [5.74, 6) is -0.352. The number of amides is 1. The van der Waals surface area contributed by atoms with E-state index in [1.807, 2.05) is 20.8 Å². The molecule has 0 aliphatic heterocycles. The topological polar surface area (TPSA) is 66.5 Å². The van der Waals surface area contributed by atoms with E-state index in [2.05, 4.69) is 5.32 Å². The zero-order valence-corrected chi connectivity index (χ0v) is 17.6. The Morgan fingerprint density at radius 1 is 1.15 bits per heavy atom. The summed E-state index contributed by atoms with van der Waals surface area (Å²) in [4.78, 5) is 12.6. The lowest BCUT2D eigenvalue weighted by molar-refractivity contribution is -0.120. The molecule has 7 heteroatoms. The van der Waals surface area contributed by atoms with Crippen molar-refractivity contribution >= 4 is 33.2 Å². The Kier molecular flexibility index (Phi) is 6.89. The zero-order chi connectivity index (χ0) is 20.2. The predicted molar refractivity (Wildman–Crippen MR) is 110 cm³/mol. The minimum Gasteiger partial charge on any atom is -0.352 e. The lowest BCUT2D eigenvalue weighted by Gasteiger charge is -2.26. The molecule has 2 aromatic rings. The number of benzene rings is 2. The third kappa shape index (κ3) is 5.23. The van der Waals surface area contributed by atoms with Crippen LogP contribution in [0, 0.1) is 13.8 Å². The van der Waals surface area contributed by atoms with Crippen LogP contribution in [0.25, 0.3) is 0 Å². The summed E-state index contributed by atoms with van der Waals surface area (Å²) in [6, 6.07) is 11.5. The van der Waals surface area contributed by atoms with Crippen LogP contribution in [-0.4, -0.2) is 26.9 Å². The molecule has 0 unspecified atom stereocenters. The van der Waals surface area contributed by atoms with Gasteiger partial charge in [-0.2, -0.15) is 0 Å². The van der Waals surface area contributed by atoms with Gasteiger partial charge >= 0.3 is 0 Å². The van der Waals surface area contributed by atoms with Gasteiger partial charge in [0.1, 0.15) is 6.54 Å². The molecule has 1 atom stereocenters. The van der Waals surface area contributed by atoms with Crippen LogP contribution in [0.15, 0.2) is 47.4 Å². The van der Waals surface area contributed by atoms with Gasteiger partial charge in [-0.1, -0.05) is 36.2 Å². The summed E-state index contributed by atoms with van der Waals surface area (Å²) >= 11 is 6.02. The average molecular weight is 409 g/mol. The largest absolute Gasteiger partial charge is 0.352 e. The van der Waals surface area contributed by atoms with Crippen LogP contribution in [-0.2, 0) is 14.8 Å². The minimum atomic E-state index is -3.91. The van der Waals surface area contributed by atoms with Gasteiger partial charge in [0.25, 0.3) is 10.0 Å². The summed E-state index contributed by atoms with van der Waals surface area (Å²) in [7, 11) is -3.91. The Morgan fingerprint density at radius 2 is 1.78 bits per heavy atom. The Morgan fingerprint density at radius 3 is 2.33 bits per heavy atom. The van der Waals surface area contributed by atoms with Crippen LogP contribution in [0.1, 0.15) is 31.4 Å². The van der Waals surface area contributed by atoms with Gasteiger partial charge in [0.2, 0.25) is 5.91 Å². The first-order valence-electron chi connectivity index (χ1n) is 8.80. The fraction of sp³-hybridized carbons (Fsp3) is 0.350. The molecule has 5 nitrogen and oxygen atoms in total. The second kappa shape index (κ2) is 8.76. The fourth-order valence-corrected chi connectivity index (χ4v) is 4.30. The molecule has 146 valence electrons. The Bertz CT molecular complexity index is 911. The van der Waals surface area contributed by atoms with E-state index in [4.69, 9.17) is 11.6 Å². The van der Waals surface area contributed by atoms with Crippen LogP contribution >= 0.6 is 11.6 Å². The van der Waals surface area contributed by atoms with E-state index in [0.29, 0.717) is 16.3 Å². The maximum Gasteiger partial charge on any atom is 0.264 e. The van der Waals surface area contributed by atoms with Gasteiger partial charge in [-0.3, -0.25) is 9.10 Å². The maximum atomic E-state index is 13.3. The van der Waals surface area contributed by atoms with Gasteiger partial charge in [-0.05, 0) is 63.1 Å². The molecule has 2 aromatic carbocycles. The highest BCUT2D eigenvalue weighted by Gasteiger charge is 2.28. The molecule has 0 aromatic heterocycles. The molecule has 27 heavy (non-hydrogen) atoms. The number of sulfonamides is 1. The predicted octanol–water partition coefficient (Wildman–Crippen LogP) is 4.07. The normalized spacial score (nSPS) is 12.5. The van der Waals surface area contributed by atoms with Gasteiger partial charge in [0.15, 0.2) is 0 Å². The number of hydrogen-bond donors (Lipinski definition) is 1. The Hall–Kier alpha value is -2.05. The summed E-state index contributed by atoms with van der Waals surface area (Å²) in [6.07, 6.45) is 0.760. The first-order valence-corrected chi connectivity index (χ1v) is 10.6. The Balaban J connectivity index is 2.48. The molecule has 1 N–H and O–H groups in total. The maximum absolute atomic E-state index is 13.3. The number of rotatable bonds is 7. The number of aryl methyl sites for hydroxylation is 2. The van der Waals surface area contributed by atoms with Gasteiger partial charge in [-0.25, -0.2) is 8.42 Å². The van der Waals surface area contributed by atoms with Crippen molar-refractivity contribution in [2.24, 2.45) is 0 Å². The molecule has 0 aliphatic rings. The van der Waals surface area contributed by atoms with Crippen LogP contribution in [0.3, 0.4) is 0 Å². The van der Waals surface area contributed by atoms with Crippen LogP contribution in [0.2, 0.25) is 5.02 Å². The summed E-state index contributed by atoms with van der Waals surface area (Å²) in [5, 5.41) is 3.33. The number of anilines is 1. The second-order valence-electron chi connectivity index (χ2n) is 6.63. The molecule has 0 fully saturated rings. The summed E-state index contributed by atoms with van der Waals surface area (Å²) < 4.78 is 27.7. The highest BCUT2D eigenvalue weighted by Crippen LogP contribution is 2.29. The molecule has 2 rings (SSSR count). The highest BCUT2D eigenvalue weighted by atomic mass is 35.5. The average Bonchev–Trinajstić information content (AvgIpc) is 2.60. The molecule has 0 bridgehead atoms. The smallest absolute Gasteiger partial charge is 0.264 e. The first kappa shape index (κ1) is 21.3. The molecule has 0 radical (unpaired) electrons. The van der Waals surface area contributed by atoms with Crippen LogP contribution < -0.4 is 9.62 Å². The van der Waals surface area contributed by atoms with Crippen molar-refractivity contribution in [2.75, 3.05) is 10.8 Å². The fourth-order valence-electron chi connectivity index (χ4n) is 2.59. The van der Waals surface area contributed by atoms with Crippen molar-refractivity contribution in [3.05, 3.63) is 58.6 Å². The monoisotopic (exact) mass is 408 g/mol. The van der Waals surface area contributed by atoms with Crippen molar-refractivity contribution in [3.8, 4) is 0 Å². The standard InChI is InChI=1S/C20H25ClN2O3S/c1-5-16(4)22-20(24)13-23(19-11-8-17(21)12-15(19)3)27(25,26)18-9-6-14(2)7-10-18/h6-12,16H,5,13H2,1-4H3,(H,22,24)/t16-/m0/s1. The Labute approximate surface area is 166 Å². The van der Waals surface area contributed by atoms with Crippen molar-refractivity contribution in [1.82, 2.24) is 5.32 Å². The molecule has 0 saturated heterocycles. The van der Waals surface area contributed by atoms with E-state index in [1.54, 1.807) is 49.4 Å². The van der Waals surface area contributed by atoms with E-state index < -0.39 is 10.0 Å². The number of nitrogens with zero attached hydrogens (tertiary/aromatic N) is 1. The van der Waals surface area contributed by atoms with Crippen molar-refractivity contribution in [1.29, 1.82) is 0 Å². The molecule has 1 amide bonds. The van der Waals surface area contributed by atoms with Gasteiger partial charge in [0.05, 0.1) is 10.6 Å². The molecule has 0 spiro atoms. The number of carbonyl (C=O) groups is 1. The minimum absolute atomic E-state index is 0.0345. The molecule has 0 heterocycles. The van der Waals surface area contributed by atoms with E-state index in [1.165, 1.54) is 0 Å². The van der Waals surface area contributed by atoms with Gasteiger partial charge in [0, 0.05) is 11.1 Å². The lowest BCUT2D eigenvalue weighted by Crippen LogP contribution is -2.43. The quantitative estimate of drug-likeness (QED) is 0.751. The van der Waals surface area contributed by atoms with E-state index in [-0.39, 0.29) is 23.4 Å². The van der Waals surface area contributed by atoms with Gasteiger partial charge in [-0.15, -0.1) is 0 Å². The highest BCUT2D eigenvalue weighted by molar-refractivity contribution is 7.92. The van der Waals surface area contributed by atoms with Crippen molar-refractivity contribution in [2.45, 2.75) is 45.1 Å². The number of halogens is 1. The molecular formula is C20H25ClN2O3S. The first-order chi connectivity index (χ1) is 12.6. The third-order valence-electron chi connectivity index (χ3n) is 4.34. The van der Waals surface area contributed by atoms with Crippen LogP contribution in [0.5, 0.6) is 0 Å². The number of carbonyl (C=O) groups excluding carboxylic acids is 1. The van der Waals surface area contributed by atoms with E-state index in [0.717, 1.165) is 16.3 Å². The third-order valence-corrected chi connectivity index (χ3v) is 6.35. The number of hydrogen-bond acceptors (Lipinski definition) is 3. The van der Waals surface area contributed by atoms with E-state index >= 15 is 0 Å². The second-order valence-corrected chi connectivity index (χ2v) is 8.93. The van der Waals surface area contributed by atoms with Crippen molar-refractivity contribution in [3.63, 3.8) is 0 Å². The number of nitrogens with one attached hydrogen (secondary N) is 1. The van der Waals surface area contributed by atoms with Crippen molar-refractivity contribution < 1.29 is 13.2 Å². The summed E-state index contributed by atoms with van der Waals surface area (Å²) in [6.45, 7) is 7.19. The SMILES string of the molecule is CC[C@H](C)NC(=O)CN(c1ccc(Cl)cc1C)S(=O)(=O)c1ccc(C)cc1. The molecular weight excluding hydrogens is 384 g/mol. The molecule has 0 saturated carbocycles. The molecule has 0 aliphatic carbocycles.